The smallest absolute Gasteiger partial charge is 0.258 e. The van der Waals surface area contributed by atoms with E-state index in [1.807, 2.05) is 13.0 Å². The first-order valence-corrected chi connectivity index (χ1v) is 10.8. The molecule has 29 heavy (non-hydrogen) atoms. The third-order valence-electron chi connectivity index (χ3n) is 4.78. The van der Waals surface area contributed by atoms with Gasteiger partial charge in [-0.05, 0) is 49.6 Å². The Hall–Kier alpha value is -2.91. The van der Waals surface area contributed by atoms with Crippen molar-refractivity contribution in [3.05, 3.63) is 64.2 Å². The van der Waals surface area contributed by atoms with E-state index in [0.29, 0.717) is 22.8 Å². The molecule has 0 bridgehead atoms. The highest BCUT2D eigenvalue weighted by Crippen LogP contribution is 2.29. The van der Waals surface area contributed by atoms with Crippen LogP contribution < -0.4 is 20.3 Å². The van der Waals surface area contributed by atoms with E-state index in [0.717, 1.165) is 18.4 Å². The van der Waals surface area contributed by atoms with Crippen molar-refractivity contribution in [1.82, 2.24) is 14.1 Å². The number of aromatic nitrogens is 2. The van der Waals surface area contributed by atoms with E-state index in [1.165, 1.54) is 29.7 Å². The Kier molecular flexibility index (Phi) is 5.01. The molecule has 0 spiro atoms. The molecule has 1 saturated carbocycles. The lowest BCUT2D eigenvalue weighted by Crippen LogP contribution is -2.25. The maximum atomic E-state index is 12.5. The van der Waals surface area contributed by atoms with Gasteiger partial charge < -0.3 is 10.1 Å². The summed E-state index contributed by atoms with van der Waals surface area (Å²) in [7, 11) is -2.07. The highest BCUT2D eigenvalue weighted by Gasteiger charge is 2.28. The maximum absolute atomic E-state index is 12.5. The Morgan fingerprint density at radius 2 is 2.03 bits per heavy atom. The number of methoxy groups -OCH3 is 1. The Morgan fingerprint density at radius 1 is 1.24 bits per heavy atom. The van der Waals surface area contributed by atoms with E-state index in [4.69, 9.17) is 4.74 Å². The third-order valence-corrected chi connectivity index (χ3v) is 6.30. The second kappa shape index (κ2) is 7.49. The van der Waals surface area contributed by atoms with E-state index in [-0.39, 0.29) is 23.0 Å². The van der Waals surface area contributed by atoms with E-state index >= 15 is 0 Å². The minimum atomic E-state index is -3.58. The van der Waals surface area contributed by atoms with Gasteiger partial charge in [-0.25, -0.2) is 18.1 Å². The van der Waals surface area contributed by atoms with Gasteiger partial charge in [0, 0.05) is 18.3 Å². The molecule has 1 aliphatic carbocycles. The quantitative estimate of drug-likeness (QED) is 0.614. The van der Waals surface area contributed by atoms with Crippen molar-refractivity contribution in [1.29, 1.82) is 0 Å². The van der Waals surface area contributed by atoms with Crippen molar-refractivity contribution in [3.8, 4) is 5.75 Å². The fraction of sp³-hybridized carbons (Fsp3) is 0.300. The number of nitrogens with zero attached hydrogens (tertiary/aromatic N) is 2. The van der Waals surface area contributed by atoms with Gasteiger partial charge in [0.15, 0.2) is 0 Å². The second-order valence-electron chi connectivity index (χ2n) is 7.08. The molecule has 0 aliphatic heterocycles. The Bertz CT molecular complexity index is 1230. The van der Waals surface area contributed by atoms with E-state index in [1.54, 1.807) is 18.3 Å². The van der Waals surface area contributed by atoms with E-state index in [9.17, 15) is 13.2 Å². The molecule has 1 aromatic carbocycles. The van der Waals surface area contributed by atoms with E-state index < -0.39 is 10.0 Å². The zero-order chi connectivity index (χ0) is 20.6. The topological polar surface area (TPSA) is 102 Å². The number of fused-ring (bicyclic) bond motifs is 1. The Morgan fingerprint density at radius 3 is 2.76 bits per heavy atom. The summed E-state index contributed by atoms with van der Waals surface area (Å²) in [6, 6.07) is 9.83. The normalized spacial score (nSPS) is 14.1. The molecule has 0 atom stereocenters. The molecule has 8 nitrogen and oxygen atoms in total. The largest absolute Gasteiger partial charge is 0.495 e. The predicted octanol–water partition coefficient (Wildman–Crippen LogP) is 2.06. The number of hydrogen-bond donors (Lipinski definition) is 2. The van der Waals surface area contributed by atoms with Gasteiger partial charge in [0.1, 0.15) is 11.4 Å². The predicted molar refractivity (Wildman–Crippen MR) is 110 cm³/mol. The van der Waals surface area contributed by atoms with Gasteiger partial charge in [-0.15, -0.1) is 0 Å². The summed E-state index contributed by atoms with van der Waals surface area (Å²) < 4.78 is 34.5. The standard InChI is InChI=1S/C20H22N4O4S/c1-13-4-3-9-24-19(25)10-15(22-20(13)24)12-21-17-11-16(7-8-18(17)28-2)29(26,27)23-14-5-6-14/h3-4,7-11,14,21,23H,5-6,12H2,1-2H3. The average molecular weight is 414 g/mol. The summed E-state index contributed by atoms with van der Waals surface area (Å²) in [5.74, 6) is 0.504. The van der Waals surface area contributed by atoms with Crippen LogP contribution in [0.15, 0.2) is 52.3 Å². The SMILES string of the molecule is COc1ccc(S(=O)(=O)NC2CC2)cc1NCc1cc(=O)n2cccc(C)c2n1. The number of rotatable bonds is 7. The molecule has 4 rings (SSSR count). The number of aryl methyl sites for hydroxylation is 1. The number of benzene rings is 1. The molecule has 1 aliphatic rings. The number of sulfonamides is 1. The third kappa shape index (κ3) is 4.10. The number of pyridine rings is 1. The highest BCUT2D eigenvalue weighted by atomic mass is 32.2. The van der Waals surface area contributed by atoms with Crippen molar-refractivity contribution in [3.63, 3.8) is 0 Å². The van der Waals surface area contributed by atoms with Crippen molar-refractivity contribution < 1.29 is 13.2 Å². The van der Waals surface area contributed by atoms with Crippen LogP contribution in [0.3, 0.4) is 0 Å². The van der Waals surface area contributed by atoms with Crippen LogP contribution >= 0.6 is 0 Å². The number of ether oxygens (including phenoxy) is 1. The lowest BCUT2D eigenvalue weighted by Gasteiger charge is -2.14. The first-order valence-electron chi connectivity index (χ1n) is 9.29. The minimum absolute atomic E-state index is 0.0246. The van der Waals surface area contributed by atoms with Gasteiger partial charge in [0.05, 0.1) is 29.9 Å². The van der Waals surface area contributed by atoms with Crippen LogP contribution in [0, 0.1) is 6.92 Å². The van der Waals surface area contributed by atoms with Crippen LogP contribution in [0.1, 0.15) is 24.1 Å². The number of hydrogen-bond acceptors (Lipinski definition) is 6. The van der Waals surface area contributed by atoms with Crippen molar-refractivity contribution >= 4 is 21.4 Å². The molecule has 2 heterocycles. The molecular formula is C20H22N4O4S. The fourth-order valence-corrected chi connectivity index (χ4v) is 4.40. The molecule has 1 fully saturated rings. The van der Waals surface area contributed by atoms with Gasteiger partial charge in [-0.3, -0.25) is 9.20 Å². The molecule has 152 valence electrons. The molecule has 2 aromatic heterocycles. The van der Waals surface area contributed by atoms with Crippen LogP contribution in [-0.2, 0) is 16.6 Å². The second-order valence-corrected chi connectivity index (χ2v) is 8.80. The van der Waals surface area contributed by atoms with E-state index in [2.05, 4.69) is 15.0 Å². The summed E-state index contributed by atoms with van der Waals surface area (Å²) in [6.45, 7) is 2.14. The molecular weight excluding hydrogens is 392 g/mol. The fourth-order valence-electron chi connectivity index (χ4n) is 3.07. The first kappa shape index (κ1) is 19.4. The summed E-state index contributed by atoms with van der Waals surface area (Å²) in [5.41, 5.74) is 2.37. The monoisotopic (exact) mass is 414 g/mol. The summed E-state index contributed by atoms with van der Waals surface area (Å²) in [6.07, 6.45) is 3.41. The lowest BCUT2D eigenvalue weighted by molar-refractivity contribution is 0.416. The molecule has 0 saturated heterocycles. The van der Waals surface area contributed by atoms with Crippen molar-refractivity contribution in [2.75, 3.05) is 12.4 Å². The Balaban J connectivity index is 1.62. The van der Waals surface area contributed by atoms with Gasteiger partial charge >= 0.3 is 0 Å². The van der Waals surface area contributed by atoms with Crippen LogP contribution in [0.5, 0.6) is 5.75 Å². The van der Waals surface area contributed by atoms with Crippen molar-refractivity contribution in [2.24, 2.45) is 0 Å². The molecule has 0 amide bonds. The summed E-state index contributed by atoms with van der Waals surface area (Å²) in [5, 5.41) is 3.15. The summed E-state index contributed by atoms with van der Waals surface area (Å²) in [4.78, 5) is 17.1. The minimum Gasteiger partial charge on any atom is -0.495 e. The van der Waals surface area contributed by atoms with Gasteiger partial charge in [0.25, 0.3) is 5.56 Å². The number of anilines is 1. The van der Waals surface area contributed by atoms with Gasteiger partial charge in [-0.1, -0.05) is 6.07 Å². The van der Waals surface area contributed by atoms with Crippen molar-refractivity contribution in [2.45, 2.75) is 37.2 Å². The van der Waals surface area contributed by atoms with Crippen LogP contribution in [0.25, 0.3) is 5.65 Å². The van der Waals surface area contributed by atoms with Gasteiger partial charge in [-0.2, -0.15) is 0 Å². The molecule has 0 radical (unpaired) electrons. The number of nitrogens with one attached hydrogen (secondary N) is 2. The first-order chi connectivity index (χ1) is 13.9. The molecule has 9 heteroatoms. The van der Waals surface area contributed by atoms with Crippen LogP contribution in [-0.4, -0.2) is 31.0 Å². The average Bonchev–Trinajstić information content (AvgIpc) is 3.50. The lowest BCUT2D eigenvalue weighted by atomic mass is 10.2. The zero-order valence-electron chi connectivity index (χ0n) is 16.2. The zero-order valence-corrected chi connectivity index (χ0v) is 17.0. The summed E-state index contributed by atoms with van der Waals surface area (Å²) >= 11 is 0. The van der Waals surface area contributed by atoms with Crippen LogP contribution in [0.2, 0.25) is 0 Å². The molecule has 2 N–H and O–H groups in total. The van der Waals surface area contributed by atoms with Crippen LogP contribution in [0.4, 0.5) is 5.69 Å². The highest BCUT2D eigenvalue weighted by molar-refractivity contribution is 7.89. The molecule has 3 aromatic rings. The molecule has 0 unspecified atom stereocenters. The maximum Gasteiger partial charge on any atom is 0.258 e. The Labute approximate surface area is 168 Å². The van der Waals surface area contributed by atoms with Gasteiger partial charge in [0.2, 0.25) is 10.0 Å².